The highest BCUT2D eigenvalue weighted by molar-refractivity contribution is 9.10. The first kappa shape index (κ1) is 13.5. The SMILES string of the molecule is CNc1ncc(Br)c(Nc2ccc3c(c2)C(=O)NC3=O)n1. The summed E-state index contributed by atoms with van der Waals surface area (Å²) in [6.45, 7) is 0. The topological polar surface area (TPSA) is 96.0 Å². The summed E-state index contributed by atoms with van der Waals surface area (Å²) < 4.78 is 0.683. The van der Waals surface area contributed by atoms with Crippen molar-refractivity contribution in [1.82, 2.24) is 15.3 Å². The molecule has 1 aromatic heterocycles. The van der Waals surface area contributed by atoms with Crippen LogP contribution in [0.1, 0.15) is 20.7 Å². The average molecular weight is 348 g/mol. The van der Waals surface area contributed by atoms with Gasteiger partial charge in [-0.2, -0.15) is 4.98 Å². The second kappa shape index (κ2) is 5.13. The maximum Gasteiger partial charge on any atom is 0.259 e. The Morgan fingerprint density at radius 3 is 2.71 bits per heavy atom. The summed E-state index contributed by atoms with van der Waals surface area (Å²) in [5.74, 6) is 0.257. The molecule has 0 unspecified atom stereocenters. The second-order valence-electron chi connectivity index (χ2n) is 4.31. The van der Waals surface area contributed by atoms with Gasteiger partial charge in [-0.3, -0.25) is 14.9 Å². The van der Waals surface area contributed by atoms with Gasteiger partial charge in [0.2, 0.25) is 5.95 Å². The fraction of sp³-hybridized carbons (Fsp3) is 0.0769. The first-order chi connectivity index (χ1) is 10.1. The molecule has 3 rings (SSSR count). The van der Waals surface area contributed by atoms with Crippen molar-refractivity contribution in [3.63, 3.8) is 0 Å². The van der Waals surface area contributed by atoms with E-state index in [2.05, 4.69) is 41.8 Å². The van der Waals surface area contributed by atoms with E-state index in [4.69, 9.17) is 0 Å². The van der Waals surface area contributed by atoms with Crippen molar-refractivity contribution >= 4 is 45.2 Å². The number of aromatic nitrogens is 2. The monoisotopic (exact) mass is 347 g/mol. The lowest BCUT2D eigenvalue weighted by molar-refractivity contribution is 0.0879. The Labute approximate surface area is 128 Å². The Bertz CT molecular complexity index is 762. The van der Waals surface area contributed by atoms with Crippen molar-refractivity contribution in [3.8, 4) is 0 Å². The molecule has 7 nitrogen and oxygen atoms in total. The van der Waals surface area contributed by atoms with E-state index in [1.165, 1.54) is 0 Å². The summed E-state index contributed by atoms with van der Waals surface area (Å²) in [5.41, 5.74) is 1.38. The summed E-state index contributed by atoms with van der Waals surface area (Å²) in [6, 6.07) is 4.93. The van der Waals surface area contributed by atoms with Crippen molar-refractivity contribution in [2.45, 2.75) is 0 Å². The number of hydrogen-bond donors (Lipinski definition) is 3. The first-order valence-electron chi connectivity index (χ1n) is 6.05. The molecule has 0 saturated carbocycles. The van der Waals surface area contributed by atoms with Gasteiger partial charge in [-0.15, -0.1) is 0 Å². The van der Waals surface area contributed by atoms with Crippen LogP contribution in [0.4, 0.5) is 17.5 Å². The normalized spacial score (nSPS) is 12.9. The van der Waals surface area contributed by atoms with Crippen molar-refractivity contribution < 1.29 is 9.59 Å². The molecule has 0 fully saturated rings. The predicted molar refractivity (Wildman–Crippen MR) is 80.8 cm³/mol. The molecule has 0 spiro atoms. The number of benzene rings is 1. The van der Waals surface area contributed by atoms with E-state index in [9.17, 15) is 9.59 Å². The number of imide groups is 1. The number of anilines is 3. The van der Waals surface area contributed by atoms with E-state index in [-0.39, 0.29) is 5.91 Å². The molecular formula is C13H10BrN5O2. The summed E-state index contributed by atoms with van der Waals surface area (Å²) >= 11 is 3.35. The molecule has 1 aliphatic rings. The third-order valence-electron chi connectivity index (χ3n) is 2.97. The van der Waals surface area contributed by atoms with Crippen LogP contribution in [-0.4, -0.2) is 28.8 Å². The number of hydrogen-bond acceptors (Lipinski definition) is 6. The van der Waals surface area contributed by atoms with Crippen molar-refractivity contribution in [1.29, 1.82) is 0 Å². The number of rotatable bonds is 3. The lowest BCUT2D eigenvalue weighted by atomic mass is 10.1. The molecular weight excluding hydrogens is 338 g/mol. The quantitative estimate of drug-likeness (QED) is 0.734. The van der Waals surface area contributed by atoms with Crippen LogP contribution in [0.3, 0.4) is 0 Å². The largest absolute Gasteiger partial charge is 0.357 e. The molecule has 0 saturated heterocycles. The molecule has 0 aliphatic carbocycles. The van der Waals surface area contributed by atoms with Gasteiger partial charge in [0.05, 0.1) is 15.6 Å². The van der Waals surface area contributed by atoms with E-state index in [1.807, 2.05) is 0 Å². The van der Waals surface area contributed by atoms with E-state index >= 15 is 0 Å². The van der Waals surface area contributed by atoms with Crippen molar-refractivity contribution in [3.05, 3.63) is 40.0 Å². The third kappa shape index (κ3) is 2.45. The minimum Gasteiger partial charge on any atom is -0.357 e. The molecule has 21 heavy (non-hydrogen) atoms. The van der Waals surface area contributed by atoms with Gasteiger partial charge in [-0.1, -0.05) is 0 Å². The molecule has 0 radical (unpaired) electrons. The van der Waals surface area contributed by atoms with Gasteiger partial charge in [-0.05, 0) is 34.1 Å². The molecule has 1 aliphatic heterocycles. The van der Waals surface area contributed by atoms with Crippen LogP contribution in [0.5, 0.6) is 0 Å². The average Bonchev–Trinajstić information content (AvgIpc) is 2.76. The maximum atomic E-state index is 11.6. The summed E-state index contributed by atoms with van der Waals surface area (Å²) in [6.07, 6.45) is 1.62. The van der Waals surface area contributed by atoms with Crippen LogP contribution in [0.25, 0.3) is 0 Å². The van der Waals surface area contributed by atoms with Crippen molar-refractivity contribution in [2.75, 3.05) is 17.7 Å². The fourth-order valence-electron chi connectivity index (χ4n) is 1.96. The number of fused-ring (bicyclic) bond motifs is 1. The first-order valence-corrected chi connectivity index (χ1v) is 6.85. The zero-order valence-corrected chi connectivity index (χ0v) is 12.5. The van der Waals surface area contributed by atoms with Gasteiger partial charge in [0.25, 0.3) is 11.8 Å². The molecule has 0 atom stereocenters. The van der Waals surface area contributed by atoms with Gasteiger partial charge < -0.3 is 10.6 Å². The maximum absolute atomic E-state index is 11.6. The van der Waals surface area contributed by atoms with Crippen LogP contribution in [0.15, 0.2) is 28.9 Å². The number of amides is 2. The number of carbonyl (C=O) groups excluding carboxylic acids is 2. The highest BCUT2D eigenvalue weighted by Crippen LogP contribution is 2.26. The molecule has 106 valence electrons. The Morgan fingerprint density at radius 2 is 1.95 bits per heavy atom. The molecule has 3 N–H and O–H groups in total. The van der Waals surface area contributed by atoms with Crippen LogP contribution < -0.4 is 16.0 Å². The lowest BCUT2D eigenvalue weighted by Crippen LogP contribution is -2.19. The number of nitrogens with zero attached hydrogens (tertiary/aromatic N) is 2. The Hall–Kier alpha value is -2.48. The lowest BCUT2D eigenvalue weighted by Gasteiger charge is -2.09. The predicted octanol–water partition coefficient (Wildman–Crippen LogP) is 1.91. The van der Waals surface area contributed by atoms with Gasteiger partial charge in [0.1, 0.15) is 5.82 Å². The third-order valence-corrected chi connectivity index (χ3v) is 3.55. The summed E-state index contributed by atoms with van der Waals surface area (Å²) in [4.78, 5) is 31.5. The highest BCUT2D eigenvalue weighted by atomic mass is 79.9. The van der Waals surface area contributed by atoms with Crippen LogP contribution in [-0.2, 0) is 0 Å². The van der Waals surface area contributed by atoms with Gasteiger partial charge in [0.15, 0.2) is 0 Å². The minimum absolute atomic E-state index is 0.351. The molecule has 0 bridgehead atoms. The molecule has 1 aromatic carbocycles. The molecule has 2 amide bonds. The van der Waals surface area contributed by atoms with Crippen LogP contribution in [0, 0.1) is 0 Å². The second-order valence-corrected chi connectivity index (χ2v) is 5.16. The number of halogens is 1. The standard InChI is InChI=1S/C13H10BrN5O2/c1-15-13-16-5-9(14)10(18-13)17-6-2-3-7-8(4-6)12(21)19-11(7)20/h2-5H,1H3,(H,19,20,21)(H2,15,16,17,18). The number of carbonyl (C=O) groups is 2. The van der Waals surface area contributed by atoms with Crippen molar-refractivity contribution in [2.24, 2.45) is 0 Å². The molecule has 8 heteroatoms. The molecule has 2 heterocycles. The molecule has 2 aromatic rings. The Balaban J connectivity index is 1.95. The van der Waals surface area contributed by atoms with E-state index in [1.54, 1.807) is 31.4 Å². The van der Waals surface area contributed by atoms with Crippen LogP contribution in [0.2, 0.25) is 0 Å². The van der Waals surface area contributed by atoms with E-state index < -0.39 is 5.91 Å². The van der Waals surface area contributed by atoms with E-state index in [0.29, 0.717) is 33.1 Å². The highest BCUT2D eigenvalue weighted by Gasteiger charge is 2.26. The van der Waals surface area contributed by atoms with Gasteiger partial charge in [0, 0.05) is 18.9 Å². The zero-order valence-electron chi connectivity index (χ0n) is 10.9. The summed E-state index contributed by atoms with van der Waals surface area (Å²) in [7, 11) is 1.72. The zero-order chi connectivity index (χ0) is 15.0. The Morgan fingerprint density at radius 1 is 1.19 bits per heavy atom. The smallest absolute Gasteiger partial charge is 0.259 e. The van der Waals surface area contributed by atoms with Gasteiger partial charge in [-0.25, -0.2) is 4.98 Å². The minimum atomic E-state index is -0.392. The van der Waals surface area contributed by atoms with Crippen LogP contribution >= 0.6 is 15.9 Å². The summed E-state index contributed by atoms with van der Waals surface area (Å²) in [5, 5.41) is 8.18. The van der Waals surface area contributed by atoms with E-state index in [0.717, 1.165) is 0 Å². The number of nitrogens with one attached hydrogen (secondary N) is 3. The Kier molecular flexibility index (Phi) is 3.30. The fourth-order valence-corrected chi connectivity index (χ4v) is 2.25. The van der Waals surface area contributed by atoms with Gasteiger partial charge >= 0.3 is 0 Å².